The summed E-state index contributed by atoms with van der Waals surface area (Å²) in [6, 6.07) is 0. The Balaban J connectivity index is 1.88. The zero-order chi connectivity index (χ0) is 9.92. The van der Waals surface area contributed by atoms with Crippen LogP contribution < -0.4 is 0 Å². The topological polar surface area (TPSA) is 36.9 Å². The Bertz CT molecular complexity index is 249. The fourth-order valence-electron chi connectivity index (χ4n) is 2.27. The lowest BCUT2D eigenvalue weighted by atomic mass is 10.1. The highest BCUT2D eigenvalue weighted by molar-refractivity contribution is 9.09. The summed E-state index contributed by atoms with van der Waals surface area (Å²) < 4.78 is 22.7. The molecule has 3 aliphatic heterocycles. The van der Waals surface area contributed by atoms with E-state index < -0.39 is 5.79 Å². The maximum absolute atomic E-state index is 5.82. The average molecular weight is 265 g/mol. The molecule has 3 heterocycles. The van der Waals surface area contributed by atoms with Crippen LogP contribution in [0.2, 0.25) is 0 Å². The van der Waals surface area contributed by atoms with Crippen LogP contribution in [0.4, 0.5) is 0 Å². The highest BCUT2D eigenvalue weighted by atomic mass is 79.9. The zero-order valence-corrected chi connectivity index (χ0v) is 9.69. The first-order valence-electron chi connectivity index (χ1n) is 4.84. The number of hydrogen-bond acceptors (Lipinski definition) is 4. The van der Waals surface area contributed by atoms with Gasteiger partial charge in [-0.05, 0) is 13.8 Å². The smallest absolute Gasteiger partial charge is 0.187 e. The Hall–Kier alpha value is 0.320. The fraction of sp³-hybridized carbons (Fsp3) is 1.00. The predicted octanol–water partition coefficient (Wildman–Crippen LogP) is 1.03. The van der Waals surface area contributed by atoms with Crippen LogP contribution in [0.5, 0.6) is 0 Å². The van der Waals surface area contributed by atoms with Gasteiger partial charge in [-0.15, -0.1) is 0 Å². The number of alkyl halides is 1. The molecule has 3 aliphatic rings. The lowest BCUT2D eigenvalue weighted by Crippen LogP contribution is -2.49. The van der Waals surface area contributed by atoms with Crippen molar-refractivity contribution in [3.8, 4) is 0 Å². The minimum Gasteiger partial charge on any atom is -0.347 e. The molecule has 0 aromatic heterocycles. The van der Waals surface area contributed by atoms with Crippen LogP contribution in [0, 0.1) is 0 Å². The Kier molecular flexibility index (Phi) is 1.99. The molecule has 80 valence electrons. The lowest BCUT2D eigenvalue weighted by molar-refractivity contribution is -0.185. The minimum atomic E-state index is -0.529. The summed E-state index contributed by atoms with van der Waals surface area (Å²) in [6.45, 7) is 4.46. The summed E-state index contributed by atoms with van der Waals surface area (Å²) >= 11 is 3.59. The molecule has 0 aromatic rings. The van der Waals surface area contributed by atoms with E-state index in [1.807, 2.05) is 13.8 Å². The summed E-state index contributed by atoms with van der Waals surface area (Å²) in [4.78, 5) is 0.160. The molecule has 0 spiro atoms. The van der Waals surface area contributed by atoms with Crippen molar-refractivity contribution in [2.45, 2.75) is 49.1 Å². The van der Waals surface area contributed by atoms with Gasteiger partial charge in [-0.2, -0.15) is 0 Å². The van der Waals surface area contributed by atoms with E-state index in [9.17, 15) is 0 Å². The second-order valence-corrected chi connectivity index (χ2v) is 5.44. The highest BCUT2D eigenvalue weighted by Crippen LogP contribution is 2.42. The van der Waals surface area contributed by atoms with Gasteiger partial charge in [0.2, 0.25) is 0 Å². The molecule has 5 heteroatoms. The van der Waals surface area contributed by atoms with Crippen LogP contribution in [0.15, 0.2) is 0 Å². The Morgan fingerprint density at radius 1 is 1.21 bits per heavy atom. The first kappa shape index (κ1) is 9.54. The third-order valence-corrected chi connectivity index (χ3v) is 3.95. The van der Waals surface area contributed by atoms with Crippen LogP contribution in [0.1, 0.15) is 13.8 Å². The van der Waals surface area contributed by atoms with Crippen LogP contribution in [-0.2, 0) is 18.9 Å². The van der Waals surface area contributed by atoms with Crippen LogP contribution in [-0.4, -0.2) is 41.8 Å². The van der Waals surface area contributed by atoms with E-state index in [2.05, 4.69) is 15.9 Å². The molecule has 14 heavy (non-hydrogen) atoms. The monoisotopic (exact) mass is 264 g/mol. The third kappa shape index (κ3) is 1.27. The van der Waals surface area contributed by atoms with Gasteiger partial charge in [0.1, 0.15) is 12.2 Å². The van der Waals surface area contributed by atoms with Crippen molar-refractivity contribution in [1.29, 1.82) is 0 Å². The van der Waals surface area contributed by atoms with E-state index in [1.54, 1.807) is 0 Å². The summed E-state index contributed by atoms with van der Waals surface area (Å²) in [6.07, 6.45) is -0.219. The van der Waals surface area contributed by atoms with Gasteiger partial charge in [-0.3, -0.25) is 0 Å². The number of fused-ring (bicyclic) bond motifs is 4. The molecule has 5 atom stereocenters. The first-order chi connectivity index (χ1) is 6.57. The normalized spacial score (nSPS) is 54.6. The van der Waals surface area contributed by atoms with Gasteiger partial charge in [0.05, 0.1) is 17.5 Å². The van der Waals surface area contributed by atoms with Crippen LogP contribution >= 0.6 is 15.9 Å². The van der Waals surface area contributed by atoms with E-state index in [4.69, 9.17) is 18.9 Å². The summed E-state index contributed by atoms with van der Waals surface area (Å²) in [5, 5.41) is 0. The Morgan fingerprint density at radius 2 is 1.93 bits per heavy atom. The predicted molar refractivity (Wildman–Crippen MR) is 51.2 cm³/mol. The molecule has 0 aliphatic carbocycles. The average Bonchev–Trinajstić information content (AvgIpc) is 2.64. The molecule has 0 radical (unpaired) electrons. The largest absolute Gasteiger partial charge is 0.347 e. The number of rotatable bonds is 0. The molecule has 3 fully saturated rings. The number of hydrogen-bond donors (Lipinski definition) is 0. The number of ether oxygens (including phenoxy) is 4. The Labute approximate surface area is 91.0 Å². The van der Waals surface area contributed by atoms with E-state index in [-0.39, 0.29) is 29.4 Å². The molecule has 3 saturated heterocycles. The standard InChI is InChI=1S/C9H13BrO4/c1-9(2)13-6-5(10)4-3-11-8(12-4)7(6)14-9/h4-8H,3H2,1-2H3/t4-,5+,6+,7+,8-/m1/s1. The molecule has 3 rings (SSSR count). The summed E-state index contributed by atoms with van der Waals surface area (Å²) in [7, 11) is 0. The number of halogens is 1. The van der Waals surface area contributed by atoms with Crippen molar-refractivity contribution in [3.63, 3.8) is 0 Å². The molecule has 4 nitrogen and oxygen atoms in total. The van der Waals surface area contributed by atoms with Gasteiger partial charge in [0, 0.05) is 0 Å². The molecule has 0 N–H and O–H groups in total. The van der Waals surface area contributed by atoms with Crippen molar-refractivity contribution >= 4 is 15.9 Å². The van der Waals surface area contributed by atoms with E-state index >= 15 is 0 Å². The molecule has 0 unspecified atom stereocenters. The molecule has 0 saturated carbocycles. The van der Waals surface area contributed by atoms with Gasteiger partial charge >= 0.3 is 0 Å². The fourth-order valence-corrected chi connectivity index (χ4v) is 2.95. The lowest BCUT2D eigenvalue weighted by Gasteiger charge is -2.31. The van der Waals surface area contributed by atoms with Gasteiger partial charge < -0.3 is 18.9 Å². The SMILES string of the molecule is CC1(C)O[C@@H]2[C@@H]3OC[C@@H](O3)[C@H](Br)[C@@H]2O1. The molecule has 2 bridgehead atoms. The van der Waals surface area contributed by atoms with Gasteiger partial charge in [-0.25, -0.2) is 0 Å². The van der Waals surface area contributed by atoms with Gasteiger partial charge in [-0.1, -0.05) is 15.9 Å². The van der Waals surface area contributed by atoms with E-state index in [0.29, 0.717) is 6.61 Å². The second-order valence-electron chi connectivity index (χ2n) is 4.39. The second kappa shape index (κ2) is 2.92. The van der Waals surface area contributed by atoms with Crippen molar-refractivity contribution in [2.75, 3.05) is 6.61 Å². The quantitative estimate of drug-likeness (QED) is 0.613. The maximum atomic E-state index is 5.82. The van der Waals surface area contributed by atoms with Crippen molar-refractivity contribution in [3.05, 3.63) is 0 Å². The van der Waals surface area contributed by atoms with Gasteiger partial charge in [0.15, 0.2) is 12.1 Å². The molecular weight excluding hydrogens is 252 g/mol. The maximum Gasteiger partial charge on any atom is 0.187 e. The Morgan fingerprint density at radius 3 is 2.71 bits per heavy atom. The summed E-state index contributed by atoms with van der Waals surface area (Å²) in [5.74, 6) is -0.529. The van der Waals surface area contributed by atoms with Crippen molar-refractivity contribution in [2.24, 2.45) is 0 Å². The van der Waals surface area contributed by atoms with Crippen LogP contribution in [0.25, 0.3) is 0 Å². The zero-order valence-electron chi connectivity index (χ0n) is 8.10. The molecule has 0 aromatic carbocycles. The highest BCUT2D eigenvalue weighted by Gasteiger charge is 2.57. The third-order valence-electron chi connectivity index (χ3n) is 2.83. The van der Waals surface area contributed by atoms with Gasteiger partial charge in [0.25, 0.3) is 0 Å². The minimum absolute atomic E-state index is 0.0382. The van der Waals surface area contributed by atoms with Crippen LogP contribution in [0.3, 0.4) is 0 Å². The molecule has 0 amide bonds. The van der Waals surface area contributed by atoms with E-state index in [1.165, 1.54) is 0 Å². The van der Waals surface area contributed by atoms with E-state index in [0.717, 1.165) is 0 Å². The first-order valence-corrected chi connectivity index (χ1v) is 5.75. The summed E-state index contributed by atoms with van der Waals surface area (Å²) in [5.41, 5.74) is 0. The molecular formula is C9H13BrO4. The van der Waals surface area contributed by atoms with Crippen molar-refractivity contribution < 1.29 is 18.9 Å². The van der Waals surface area contributed by atoms with Crippen molar-refractivity contribution in [1.82, 2.24) is 0 Å².